The number of hydrogen-bond acceptors (Lipinski definition) is 5. The Morgan fingerprint density at radius 3 is 2.52 bits per heavy atom. The summed E-state index contributed by atoms with van der Waals surface area (Å²) >= 11 is 0. The summed E-state index contributed by atoms with van der Waals surface area (Å²) in [5, 5.41) is 11.8. The minimum atomic E-state index is -1.47. The van der Waals surface area contributed by atoms with Gasteiger partial charge in [0.25, 0.3) is 5.91 Å². The molecule has 1 heterocycles. The lowest BCUT2D eigenvalue weighted by atomic mass is 9.88. The van der Waals surface area contributed by atoms with Crippen LogP contribution in [0.3, 0.4) is 0 Å². The predicted molar refractivity (Wildman–Crippen MR) is 90.0 cm³/mol. The van der Waals surface area contributed by atoms with Crippen LogP contribution in [-0.2, 0) is 4.79 Å². The number of amides is 1. The number of benzene rings is 1. The van der Waals surface area contributed by atoms with Crippen molar-refractivity contribution in [1.29, 1.82) is 5.26 Å². The number of carbonyl (C=O) groups excluding carboxylic acids is 3. The molecule has 1 aromatic heterocycles. The molecule has 0 saturated heterocycles. The van der Waals surface area contributed by atoms with Crippen molar-refractivity contribution in [3.63, 3.8) is 0 Å². The molecule has 25 heavy (non-hydrogen) atoms. The van der Waals surface area contributed by atoms with Crippen molar-refractivity contribution in [2.75, 3.05) is 0 Å². The largest absolute Gasteiger partial charge is 0.472 e. The van der Waals surface area contributed by atoms with Gasteiger partial charge in [-0.1, -0.05) is 18.2 Å². The van der Waals surface area contributed by atoms with E-state index in [9.17, 15) is 19.6 Å². The molecule has 1 N–H and O–H groups in total. The number of nitrogens with zero attached hydrogens (tertiary/aromatic N) is 1. The Morgan fingerprint density at radius 2 is 1.92 bits per heavy atom. The van der Waals surface area contributed by atoms with E-state index in [1.807, 2.05) is 13.0 Å². The van der Waals surface area contributed by atoms with E-state index < -0.39 is 29.4 Å². The molecule has 1 aromatic carbocycles. The highest BCUT2D eigenvalue weighted by Crippen LogP contribution is 2.18. The molecule has 0 unspecified atom stereocenters. The first-order valence-corrected chi connectivity index (χ1v) is 7.73. The number of aryl methyl sites for hydroxylation is 1. The lowest BCUT2D eigenvalue weighted by molar-refractivity contribution is -0.121. The average molecular weight is 338 g/mol. The topological polar surface area (TPSA) is 100 Å². The van der Waals surface area contributed by atoms with Gasteiger partial charge in [0.05, 0.1) is 23.9 Å². The fraction of sp³-hybridized carbons (Fsp3) is 0.263. The maximum atomic E-state index is 12.6. The minimum Gasteiger partial charge on any atom is -0.472 e. The molecule has 0 fully saturated rings. The Kier molecular flexibility index (Phi) is 5.50. The van der Waals surface area contributed by atoms with Crippen LogP contribution in [-0.4, -0.2) is 23.5 Å². The molecular formula is C19H18N2O4. The second-order valence-electron chi connectivity index (χ2n) is 5.78. The van der Waals surface area contributed by atoms with Gasteiger partial charge in [-0.25, -0.2) is 0 Å². The van der Waals surface area contributed by atoms with Crippen LogP contribution in [0.15, 0.2) is 41.2 Å². The summed E-state index contributed by atoms with van der Waals surface area (Å²) in [6.07, 6.45) is 2.58. The van der Waals surface area contributed by atoms with E-state index in [0.29, 0.717) is 5.56 Å². The number of ketones is 2. The Bertz CT molecular complexity index is 847. The molecule has 6 nitrogen and oxygen atoms in total. The first-order chi connectivity index (χ1) is 11.9. The monoisotopic (exact) mass is 338 g/mol. The molecule has 0 radical (unpaired) electrons. The third kappa shape index (κ3) is 3.83. The van der Waals surface area contributed by atoms with Gasteiger partial charge in [-0.2, -0.15) is 5.26 Å². The van der Waals surface area contributed by atoms with Crippen LogP contribution in [0, 0.1) is 31.1 Å². The molecular weight excluding hydrogens is 320 g/mol. The minimum absolute atomic E-state index is 0.258. The summed E-state index contributed by atoms with van der Waals surface area (Å²) in [6, 6.07) is 7.39. The quantitative estimate of drug-likeness (QED) is 0.644. The Labute approximate surface area is 145 Å². The van der Waals surface area contributed by atoms with E-state index in [4.69, 9.17) is 4.42 Å². The van der Waals surface area contributed by atoms with E-state index in [-0.39, 0.29) is 5.56 Å². The first-order valence-electron chi connectivity index (χ1n) is 7.73. The summed E-state index contributed by atoms with van der Waals surface area (Å²) < 4.78 is 4.81. The van der Waals surface area contributed by atoms with Crippen LogP contribution in [0.25, 0.3) is 0 Å². The molecule has 6 heteroatoms. The Hall–Kier alpha value is -3.20. The van der Waals surface area contributed by atoms with Crippen molar-refractivity contribution in [3.05, 3.63) is 59.0 Å². The van der Waals surface area contributed by atoms with Crippen LogP contribution >= 0.6 is 0 Å². The molecule has 0 aliphatic rings. The SMILES string of the molecule is Cc1cccc(C(=O)[C@H](C#N)C(=O)[C@@H](C)NC(=O)c2ccoc2)c1C. The molecule has 128 valence electrons. The van der Waals surface area contributed by atoms with E-state index >= 15 is 0 Å². The number of carbonyl (C=O) groups is 3. The highest BCUT2D eigenvalue weighted by atomic mass is 16.3. The van der Waals surface area contributed by atoms with Crippen molar-refractivity contribution in [2.24, 2.45) is 5.92 Å². The van der Waals surface area contributed by atoms with Gasteiger partial charge in [0.15, 0.2) is 17.5 Å². The van der Waals surface area contributed by atoms with E-state index in [1.54, 1.807) is 25.1 Å². The number of rotatable bonds is 6. The molecule has 0 bridgehead atoms. The smallest absolute Gasteiger partial charge is 0.255 e. The Balaban J connectivity index is 2.17. The van der Waals surface area contributed by atoms with Gasteiger partial charge in [-0.05, 0) is 38.0 Å². The highest BCUT2D eigenvalue weighted by molar-refractivity contribution is 6.15. The zero-order chi connectivity index (χ0) is 18.6. The number of nitriles is 1. The second-order valence-corrected chi connectivity index (χ2v) is 5.78. The summed E-state index contributed by atoms with van der Waals surface area (Å²) in [7, 11) is 0. The maximum absolute atomic E-state index is 12.6. The third-order valence-electron chi connectivity index (χ3n) is 4.10. The molecule has 0 spiro atoms. The zero-order valence-electron chi connectivity index (χ0n) is 14.2. The van der Waals surface area contributed by atoms with Gasteiger partial charge in [0, 0.05) is 5.56 Å². The molecule has 0 aliphatic carbocycles. The summed E-state index contributed by atoms with van der Waals surface area (Å²) in [4.78, 5) is 37.1. The van der Waals surface area contributed by atoms with Crippen LogP contribution in [0.5, 0.6) is 0 Å². The van der Waals surface area contributed by atoms with E-state index in [1.165, 1.54) is 25.5 Å². The summed E-state index contributed by atoms with van der Waals surface area (Å²) in [6.45, 7) is 5.07. The van der Waals surface area contributed by atoms with Gasteiger partial charge >= 0.3 is 0 Å². The lowest BCUT2D eigenvalue weighted by Gasteiger charge is -2.16. The van der Waals surface area contributed by atoms with Crippen LogP contribution in [0.2, 0.25) is 0 Å². The number of hydrogen-bond donors (Lipinski definition) is 1. The first kappa shape index (κ1) is 18.1. The fourth-order valence-corrected chi connectivity index (χ4v) is 2.42. The van der Waals surface area contributed by atoms with Crippen molar-refractivity contribution >= 4 is 17.5 Å². The number of Topliss-reactive ketones (excluding diaryl/α,β-unsaturated/α-hetero) is 2. The third-order valence-corrected chi connectivity index (χ3v) is 4.10. The van der Waals surface area contributed by atoms with Crippen LogP contribution in [0.1, 0.15) is 38.8 Å². The van der Waals surface area contributed by atoms with Gasteiger partial charge in [0.2, 0.25) is 0 Å². The van der Waals surface area contributed by atoms with Crippen LogP contribution < -0.4 is 5.32 Å². The highest BCUT2D eigenvalue weighted by Gasteiger charge is 2.32. The predicted octanol–water partition coefficient (Wildman–Crippen LogP) is 2.61. The number of furan rings is 1. The van der Waals surface area contributed by atoms with E-state index in [0.717, 1.165) is 11.1 Å². The van der Waals surface area contributed by atoms with Gasteiger partial charge in [0.1, 0.15) is 6.26 Å². The maximum Gasteiger partial charge on any atom is 0.255 e. The molecule has 0 aliphatic heterocycles. The second kappa shape index (κ2) is 7.58. The molecule has 0 saturated carbocycles. The lowest BCUT2D eigenvalue weighted by Crippen LogP contribution is -2.43. The number of nitrogens with one attached hydrogen (secondary N) is 1. The summed E-state index contributed by atoms with van der Waals surface area (Å²) in [5.41, 5.74) is 2.23. The van der Waals surface area contributed by atoms with Crippen molar-refractivity contribution in [2.45, 2.75) is 26.8 Å². The van der Waals surface area contributed by atoms with Crippen LogP contribution in [0.4, 0.5) is 0 Å². The normalized spacial score (nSPS) is 12.7. The Morgan fingerprint density at radius 1 is 1.20 bits per heavy atom. The van der Waals surface area contributed by atoms with Gasteiger partial charge in [-0.15, -0.1) is 0 Å². The van der Waals surface area contributed by atoms with Gasteiger partial charge < -0.3 is 9.73 Å². The van der Waals surface area contributed by atoms with Crippen molar-refractivity contribution in [1.82, 2.24) is 5.32 Å². The fourth-order valence-electron chi connectivity index (χ4n) is 2.42. The molecule has 2 atom stereocenters. The molecule has 2 aromatic rings. The van der Waals surface area contributed by atoms with Crippen molar-refractivity contribution < 1.29 is 18.8 Å². The standard InChI is InChI=1S/C19H18N2O4/c1-11-5-4-6-15(12(11)2)18(23)16(9-20)17(22)13(3)21-19(24)14-7-8-25-10-14/h4-8,10,13,16H,1-3H3,(H,21,24)/t13-,16-/m1/s1. The zero-order valence-corrected chi connectivity index (χ0v) is 14.2. The van der Waals surface area contributed by atoms with E-state index in [2.05, 4.69) is 5.32 Å². The molecule has 1 amide bonds. The van der Waals surface area contributed by atoms with Gasteiger partial charge in [-0.3, -0.25) is 14.4 Å². The average Bonchev–Trinajstić information content (AvgIpc) is 3.12. The molecule has 2 rings (SSSR count). The summed E-state index contributed by atoms with van der Waals surface area (Å²) in [5.74, 6) is -3.19. The van der Waals surface area contributed by atoms with Crippen molar-refractivity contribution in [3.8, 4) is 6.07 Å².